The van der Waals surface area contributed by atoms with Crippen molar-refractivity contribution in [1.82, 2.24) is 15.0 Å². The van der Waals surface area contributed by atoms with Crippen molar-refractivity contribution in [2.75, 3.05) is 12.4 Å². The van der Waals surface area contributed by atoms with Crippen molar-refractivity contribution in [1.29, 1.82) is 0 Å². The zero-order chi connectivity index (χ0) is 12.1. The number of hydrogen-bond donors (Lipinski definition) is 1. The predicted octanol–water partition coefficient (Wildman–Crippen LogP) is 3.39. The number of nitrogens with one attached hydrogen (secondary N) is 1. The standard InChI is InChI=1S/C12H19ClN4/c1-14-12-16-10(15-11(13)17-12)9-7-5-3-2-4-6-8-9/h9H,2-8H2,1H3,(H,14,15,16,17). The van der Waals surface area contributed by atoms with Gasteiger partial charge in [0.15, 0.2) is 0 Å². The Hall–Kier alpha value is -0.900. The first kappa shape index (κ1) is 12.6. The molecule has 0 amide bonds. The molecule has 17 heavy (non-hydrogen) atoms. The maximum Gasteiger partial charge on any atom is 0.227 e. The SMILES string of the molecule is CNc1nc(Cl)nc(C2CCCCCCC2)n1. The fourth-order valence-electron chi connectivity index (χ4n) is 2.37. The van der Waals surface area contributed by atoms with Crippen LogP contribution in [0.2, 0.25) is 5.28 Å². The third-order valence-electron chi connectivity index (χ3n) is 3.32. The maximum absolute atomic E-state index is 5.92. The smallest absolute Gasteiger partial charge is 0.227 e. The Bertz CT molecular complexity index is 362. The van der Waals surface area contributed by atoms with Gasteiger partial charge in [-0.25, -0.2) is 4.98 Å². The summed E-state index contributed by atoms with van der Waals surface area (Å²) in [6.45, 7) is 0. The number of aromatic nitrogens is 3. The average molecular weight is 255 g/mol. The number of anilines is 1. The zero-order valence-electron chi connectivity index (χ0n) is 10.2. The van der Waals surface area contributed by atoms with Crippen LogP contribution in [0.25, 0.3) is 0 Å². The van der Waals surface area contributed by atoms with Gasteiger partial charge in [0.25, 0.3) is 0 Å². The summed E-state index contributed by atoms with van der Waals surface area (Å²) >= 11 is 5.92. The number of rotatable bonds is 2. The second-order valence-electron chi connectivity index (χ2n) is 4.58. The van der Waals surface area contributed by atoms with E-state index in [1.54, 1.807) is 7.05 Å². The third-order valence-corrected chi connectivity index (χ3v) is 3.49. The molecule has 1 aromatic heterocycles. The molecule has 0 unspecified atom stereocenters. The summed E-state index contributed by atoms with van der Waals surface area (Å²) in [5.74, 6) is 1.88. The van der Waals surface area contributed by atoms with E-state index in [1.807, 2.05) is 0 Å². The molecular formula is C12H19ClN4. The van der Waals surface area contributed by atoms with Crippen molar-refractivity contribution in [2.24, 2.45) is 0 Å². The van der Waals surface area contributed by atoms with Crippen LogP contribution in [0.5, 0.6) is 0 Å². The molecule has 5 heteroatoms. The first-order valence-electron chi connectivity index (χ1n) is 6.39. The van der Waals surface area contributed by atoms with E-state index >= 15 is 0 Å². The van der Waals surface area contributed by atoms with Crippen LogP contribution in [0.1, 0.15) is 56.7 Å². The molecule has 0 bridgehead atoms. The zero-order valence-corrected chi connectivity index (χ0v) is 11.0. The molecule has 4 nitrogen and oxygen atoms in total. The molecule has 1 fully saturated rings. The summed E-state index contributed by atoms with van der Waals surface area (Å²) in [6, 6.07) is 0. The highest BCUT2D eigenvalue weighted by molar-refractivity contribution is 6.28. The van der Waals surface area contributed by atoms with E-state index in [1.165, 1.54) is 44.9 Å². The molecule has 1 aliphatic rings. The summed E-state index contributed by atoms with van der Waals surface area (Å²) < 4.78 is 0. The molecule has 1 N–H and O–H groups in total. The van der Waals surface area contributed by atoms with Crippen LogP contribution in [0.15, 0.2) is 0 Å². The van der Waals surface area contributed by atoms with Gasteiger partial charge in [-0.05, 0) is 24.4 Å². The minimum atomic E-state index is 0.293. The first-order chi connectivity index (χ1) is 8.29. The van der Waals surface area contributed by atoms with E-state index in [0.29, 0.717) is 17.1 Å². The molecule has 0 aromatic carbocycles. The molecule has 0 aliphatic heterocycles. The van der Waals surface area contributed by atoms with Crippen molar-refractivity contribution < 1.29 is 0 Å². The minimum absolute atomic E-state index is 0.293. The quantitative estimate of drug-likeness (QED) is 0.879. The Balaban J connectivity index is 2.15. The fraction of sp³-hybridized carbons (Fsp3) is 0.750. The second-order valence-corrected chi connectivity index (χ2v) is 4.92. The van der Waals surface area contributed by atoms with Gasteiger partial charge in [0.1, 0.15) is 5.82 Å². The number of hydrogen-bond acceptors (Lipinski definition) is 4. The van der Waals surface area contributed by atoms with Gasteiger partial charge in [-0.15, -0.1) is 0 Å². The lowest BCUT2D eigenvalue weighted by atomic mass is 9.90. The fourth-order valence-corrected chi connectivity index (χ4v) is 2.54. The van der Waals surface area contributed by atoms with E-state index in [2.05, 4.69) is 20.3 Å². The molecule has 0 atom stereocenters. The highest BCUT2D eigenvalue weighted by Crippen LogP contribution is 2.29. The van der Waals surface area contributed by atoms with Crippen LogP contribution >= 0.6 is 11.6 Å². The van der Waals surface area contributed by atoms with Crippen LogP contribution in [-0.4, -0.2) is 22.0 Å². The van der Waals surface area contributed by atoms with E-state index in [9.17, 15) is 0 Å². The predicted molar refractivity (Wildman–Crippen MR) is 69.4 cm³/mol. The molecule has 1 heterocycles. The minimum Gasteiger partial charge on any atom is -0.357 e. The van der Waals surface area contributed by atoms with Gasteiger partial charge in [0.05, 0.1) is 0 Å². The summed E-state index contributed by atoms with van der Waals surface area (Å²) in [4.78, 5) is 12.7. The van der Waals surface area contributed by atoms with Gasteiger partial charge < -0.3 is 5.32 Å². The van der Waals surface area contributed by atoms with Gasteiger partial charge in [-0.2, -0.15) is 9.97 Å². The Morgan fingerprint density at radius 2 is 1.65 bits per heavy atom. The molecule has 1 aliphatic carbocycles. The van der Waals surface area contributed by atoms with Gasteiger partial charge in [-0.1, -0.05) is 32.1 Å². The van der Waals surface area contributed by atoms with Gasteiger partial charge in [0, 0.05) is 13.0 Å². The summed E-state index contributed by atoms with van der Waals surface area (Å²) in [7, 11) is 1.80. The molecule has 0 saturated heterocycles. The van der Waals surface area contributed by atoms with E-state index in [-0.39, 0.29) is 0 Å². The first-order valence-corrected chi connectivity index (χ1v) is 6.76. The Morgan fingerprint density at radius 3 is 2.29 bits per heavy atom. The van der Waals surface area contributed by atoms with Crippen LogP contribution in [0.4, 0.5) is 5.95 Å². The number of halogens is 1. The van der Waals surface area contributed by atoms with Crippen molar-refractivity contribution in [3.63, 3.8) is 0 Å². The van der Waals surface area contributed by atoms with Crippen LogP contribution in [-0.2, 0) is 0 Å². The van der Waals surface area contributed by atoms with Crippen molar-refractivity contribution >= 4 is 17.5 Å². The lowest BCUT2D eigenvalue weighted by molar-refractivity contribution is 0.442. The van der Waals surface area contributed by atoms with E-state index < -0.39 is 0 Å². The monoisotopic (exact) mass is 254 g/mol. The van der Waals surface area contributed by atoms with Crippen LogP contribution < -0.4 is 5.32 Å². The molecule has 2 rings (SSSR count). The molecule has 1 saturated carbocycles. The largest absolute Gasteiger partial charge is 0.357 e. The summed E-state index contributed by atoms with van der Waals surface area (Å²) in [6.07, 6.45) is 8.90. The van der Waals surface area contributed by atoms with Crippen molar-refractivity contribution in [3.05, 3.63) is 11.1 Å². The highest BCUT2D eigenvalue weighted by Gasteiger charge is 2.17. The second kappa shape index (κ2) is 6.15. The summed E-state index contributed by atoms with van der Waals surface area (Å²) in [5, 5.41) is 3.22. The van der Waals surface area contributed by atoms with Gasteiger partial charge in [0.2, 0.25) is 11.2 Å². The Morgan fingerprint density at radius 1 is 1.00 bits per heavy atom. The topological polar surface area (TPSA) is 50.7 Å². The highest BCUT2D eigenvalue weighted by atomic mass is 35.5. The molecular weight excluding hydrogens is 236 g/mol. The molecule has 1 aromatic rings. The van der Waals surface area contributed by atoms with Gasteiger partial charge in [-0.3, -0.25) is 0 Å². The van der Waals surface area contributed by atoms with E-state index in [0.717, 1.165) is 5.82 Å². The maximum atomic E-state index is 5.92. The average Bonchev–Trinajstić information content (AvgIpc) is 2.27. The number of nitrogens with zero attached hydrogens (tertiary/aromatic N) is 3. The van der Waals surface area contributed by atoms with Crippen molar-refractivity contribution in [3.8, 4) is 0 Å². The lowest BCUT2D eigenvalue weighted by Gasteiger charge is -2.18. The molecule has 0 spiro atoms. The van der Waals surface area contributed by atoms with Gasteiger partial charge >= 0.3 is 0 Å². The lowest BCUT2D eigenvalue weighted by Crippen LogP contribution is -2.10. The van der Waals surface area contributed by atoms with Crippen molar-refractivity contribution in [2.45, 2.75) is 50.9 Å². The molecule has 94 valence electrons. The van der Waals surface area contributed by atoms with E-state index in [4.69, 9.17) is 11.6 Å². The normalized spacial score (nSPS) is 18.5. The van der Waals surface area contributed by atoms with Crippen LogP contribution in [0, 0.1) is 0 Å². The summed E-state index contributed by atoms with van der Waals surface area (Å²) in [5.41, 5.74) is 0. The molecule has 0 radical (unpaired) electrons. The van der Waals surface area contributed by atoms with Crippen LogP contribution in [0.3, 0.4) is 0 Å². The Kier molecular flexibility index (Phi) is 4.54. The third kappa shape index (κ3) is 3.53. The Labute approximate surface area is 107 Å².